The zero-order valence-electron chi connectivity index (χ0n) is 21.1. The Morgan fingerprint density at radius 2 is 1.83 bits per heavy atom. The smallest absolute Gasteiger partial charge is 0.241 e. The van der Waals surface area contributed by atoms with Gasteiger partial charge in [-0.3, -0.25) is 15.7 Å². The fourth-order valence-electron chi connectivity index (χ4n) is 5.43. The Kier molecular flexibility index (Phi) is 6.60. The average molecular weight is 474 g/mol. The predicted octanol–water partition coefficient (Wildman–Crippen LogP) is 5.50. The van der Waals surface area contributed by atoms with Crippen LogP contribution in [0.3, 0.4) is 0 Å². The molecule has 0 N–H and O–H groups in total. The molecule has 1 atom stereocenters. The Balaban J connectivity index is 1.34. The summed E-state index contributed by atoms with van der Waals surface area (Å²) in [7, 11) is 0. The van der Waals surface area contributed by atoms with Crippen molar-refractivity contribution in [3.05, 3.63) is 82.4 Å². The first-order chi connectivity index (χ1) is 16.8. The second-order valence-electron chi connectivity index (χ2n) is 10.2. The largest absolute Gasteiger partial charge is 0.683 e. The van der Waals surface area contributed by atoms with Crippen molar-refractivity contribution in [2.24, 2.45) is 0 Å². The number of fused-ring (bicyclic) bond motifs is 3. The van der Waals surface area contributed by atoms with Gasteiger partial charge in [-0.25, -0.2) is 4.39 Å². The SMILES string of the molecule is C[C-](C)C1Cc2c(c3ccc(N4CCN(CCc5ccc(F)cc5)CC4=O)cc3n2[C-](C)C)C[N-]1. The van der Waals surface area contributed by atoms with Gasteiger partial charge in [-0.1, -0.05) is 54.7 Å². The van der Waals surface area contributed by atoms with Crippen LogP contribution in [0, 0.1) is 17.8 Å². The lowest BCUT2D eigenvalue weighted by atomic mass is 9.93. The molecule has 2 aliphatic heterocycles. The fourth-order valence-corrected chi connectivity index (χ4v) is 5.43. The highest BCUT2D eigenvalue weighted by molar-refractivity contribution is 5.98. The number of hydrogen-bond acceptors (Lipinski definition) is 2. The lowest BCUT2D eigenvalue weighted by Crippen LogP contribution is -2.50. The van der Waals surface area contributed by atoms with Crippen molar-refractivity contribution in [3.63, 3.8) is 0 Å². The van der Waals surface area contributed by atoms with Crippen molar-refractivity contribution >= 4 is 22.5 Å². The van der Waals surface area contributed by atoms with Gasteiger partial charge in [0.25, 0.3) is 0 Å². The van der Waals surface area contributed by atoms with Gasteiger partial charge in [0.1, 0.15) is 5.82 Å². The molecule has 0 aliphatic carbocycles. The van der Waals surface area contributed by atoms with Crippen molar-refractivity contribution in [2.75, 3.05) is 31.1 Å². The molecule has 0 radical (unpaired) electrons. The van der Waals surface area contributed by atoms with E-state index in [9.17, 15) is 9.18 Å². The minimum absolute atomic E-state index is 0.126. The second-order valence-corrected chi connectivity index (χ2v) is 10.2. The number of carbonyl (C=O) groups is 1. The van der Waals surface area contributed by atoms with Crippen LogP contribution in [-0.2, 0) is 24.2 Å². The van der Waals surface area contributed by atoms with Crippen LogP contribution < -0.4 is 4.90 Å². The topological polar surface area (TPSA) is 42.6 Å². The summed E-state index contributed by atoms with van der Waals surface area (Å²) in [6, 6.07) is 14.6. The third kappa shape index (κ3) is 4.69. The van der Waals surface area contributed by atoms with Gasteiger partial charge in [-0.2, -0.15) is 13.8 Å². The maximum absolute atomic E-state index is 13.2. The summed E-state index contributed by atoms with van der Waals surface area (Å²) in [6.07, 6.45) is 1.74. The summed E-state index contributed by atoms with van der Waals surface area (Å²) in [5, 5.41) is 6.16. The molecule has 5 nitrogen and oxygen atoms in total. The van der Waals surface area contributed by atoms with Crippen LogP contribution in [0.1, 0.15) is 44.5 Å². The first kappa shape index (κ1) is 23.9. The Morgan fingerprint density at radius 1 is 1.06 bits per heavy atom. The van der Waals surface area contributed by atoms with E-state index in [1.807, 2.05) is 17.0 Å². The molecule has 6 heteroatoms. The first-order valence-electron chi connectivity index (χ1n) is 12.5. The van der Waals surface area contributed by atoms with Crippen LogP contribution in [0.4, 0.5) is 10.1 Å². The Morgan fingerprint density at radius 3 is 2.51 bits per heavy atom. The summed E-state index contributed by atoms with van der Waals surface area (Å²) in [5.41, 5.74) is 5.90. The standard InChI is InChI=1S/C29H34FN4O/c1-19(2)26-16-28-25(17-31-26)24-10-9-23(15-27(24)34(28)20(3)4)33-14-13-32(18-29(33)35)12-11-21-5-7-22(30)8-6-21/h5-10,15,26H,11-14,16-18H2,1-4H3/q-3. The lowest BCUT2D eigenvalue weighted by molar-refractivity contribution is -0.121. The summed E-state index contributed by atoms with van der Waals surface area (Å²) >= 11 is 0. The van der Waals surface area contributed by atoms with E-state index in [4.69, 9.17) is 5.32 Å². The van der Waals surface area contributed by atoms with E-state index in [2.05, 4.69) is 55.4 Å². The van der Waals surface area contributed by atoms with Crippen molar-refractivity contribution in [1.29, 1.82) is 0 Å². The number of piperazine rings is 1. The van der Waals surface area contributed by atoms with Gasteiger partial charge in [0.15, 0.2) is 0 Å². The fraction of sp³-hybridized carbons (Fsp3) is 0.414. The molecule has 3 heterocycles. The third-order valence-electron chi connectivity index (χ3n) is 7.38. The molecule has 1 unspecified atom stereocenters. The van der Waals surface area contributed by atoms with Gasteiger partial charge in [-0.05, 0) is 30.2 Å². The number of benzene rings is 2. The molecular formula is C29H34FN4O-3. The lowest BCUT2D eigenvalue weighted by Gasteiger charge is -2.51. The van der Waals surface area contributed by atoms with Crippen LogP contribution in [0.15, 0.2) is 42.5 Å². The van der Waals surface area contributed by atoms with E-state index >= 15 is 0 Å². The van der Waals surface area contributed by atoms with Gasteiger partial charge >= 0.3 is 0 Å². The van der Waals surface area contributed by atoms with Crippen molar-refractivity contribution in [1.82, 2.24) is 9.47 Å². The Bertz CT molecular complexity index is 1210. The van der Waals surface area contributed by atoms with Gasteiger partial charge in [0.2, 0.25) is 5.91 Å². The van der Waals surface area contributed by atoms with E-state index in [1.165, 1.54) is 46.3 Å². The highest BCUT2D eigenvalue weighted by atomic mass is 19.1. The molecule has 0 spiro atoms. The van der Waals surface area contributed by atoms with Gasteiger partial charge in [0, 0.05) is 25.3 Å². The van der Waals surface area contributed by atoms with E-state index in [0.717, 1.165) is 43.7 Å². The zero-order chi connectivity index (χ0) is 24.7. The molecule has 1 fully saturated rings. The number of rotatable bonds is 6. The van der Waals surface area contributed by atoms with E-state index in [-0.39, 0.29) is 17.8 Å². The summed E-state index contributed by atoms with van der Waals surface area (Å²) in [5.74, 6) is 1.26. The highest BCUT2D eigenvalue weighted by Crippen LogP contribution is 2.39. The number of aromatic nitrogens is 1. The molecule has 1 aromatic heterocycles. The molecular weight excluding hydrogens is 439 g/mol. The molecule has 2 aromatic carbocycles. The monoisotopic (exact) mass is 473 g/mol. The van der Waals surface area contributed by atoms with E-state index in [1.54, 1.807) is 0 Å². The first-order valence-corrected chi connectivity index (χ1v) is 12.5. The summed E-state index contributed by atoms with van der Waals surface area (Å²) in [6.45, 7) is 12.1. The quantitative estimate of drug-likeness (QED) is 0.444. The van der Waals surface area contributed by atoms with Crippen LogP contribution in [-0.4, -0.2) is 47.6 Å². The molecule has 5 rings (SSSR count). The minimum atomic E-state index is -0.217. The Hall–Kier alpha value is -2.83. The third-order valence-corrected chi connectivity index (χ3v) is 7.38. The number of carbonyl (C=O) groups excluding carboxylic acids is 1. The number of anilines is 1. The number of amides is 1. The molecule has 2 aliphatic rings. The van der Waals surface area contributed by atoms with Gasteiger partial charge in [0.05, 0.1) is 6.54 Å². The molecule has 3 aromatic rings. The Labute approximate surface area is 207 Å². The maximum atomic E-state index is 13.2. The normalized spacial score (nSPS) is 19.0. The zero-order valence-corrected chi connectivity index (χ0v) is 21.1. The molecule has 1 saturated heterocycles. The highest BCUT2D eigenvalue weighted by Gasteiger charge is 2.25. The number of nitrogens with zero attached hydrogens (tertiary/aromatic N) is 4. The van der Waals surface area contributed by atoms with E-state index in [0.29, 0.717) is 13.1 Å². The van der Waals surface area contributed by atoms with Crippen LogP contribution in [0.2, 0.25) is 0 Å². The van der Waals surface area contributed by atoms with Crippen molar-refractivity contribution in [3.8, 4) is 0 Å². The number of hydrogen-bond donors (Lipinski definition) is 0. The van der Waals surface area contributed by atoms with Crippen LogP contribution in [0.5, 0.6) is 0 Å². The van der Waals surface area contributed by atoms with E-state index < -0.39 is 0 Å². The average Bonchev–Trinajstić information content (AvgIpc) is 3.16. The van der Waals surface area contributed by atoms with Crippen LogP contribution >= 0.6 is 0 Å². The minimum Gasteiger partial charge on any atom is -0.683 e. The molecule has 35 heavy (non-hydrogen) atoms. The van der Waals surface area contributed by atoms with Crippen molar-refractivity contribution < 1.29 is 9.18 Å². The summed E-state index contributed by atoms with van der Waals surface area (Å²) in [4.78, 5) is 17.2. The second kappa shape index (κ2) is 9.67. The van der Waals surface area contributed by atoms with Gasteiger partial charge < -0.3 is 20.7 Å². The molecule has 1 amide bonds. The van der Waals surface area contributed by atoms with Crippen molar-refractivity contribution in [2.45, 2.75) is 53.1 Å². The molecule has 186 valence electrons. The number of halogens is 1. The predicted molar refractivity (Wildman–Crippen MR) is 140 cm³/mol. The van der Waals surface area contributed by atoms with Gasteiger partial charge in [-0.15, -0.1) is 24.6 Å². The molecule has 0 bridgehead atoms. The van der Waals surface area contributed by atoms with Crippen LogP contribution in [0.25, 0.3) is 16.2 Å². The summed E-state index contributed by atoms with van der Waals surface area (Å²) < 4.78 is 15.5. The molecule has 0 saturated carbocycles. The maximum Gasteiger partial charge on any atom is 0.241 e.